The number of ether oxygens (including phenoxy) is 1. The third kappa shape index (κ3) is 2.13. The van der Waals surface area contributed by atoms with Crippen molar-refractivity contribution in [2.45, 2.75) is 50.3 Å². The second-order valence-corrected chi connectivity index (χ2v) is 5.47. The van der Waals surface area contributed by atoms with E-state index in [1.807, 2.05) is 6.07 Å². The lowest BCUT2D eigenvalue weighted by molar-refractivity contribution is 0.106. The van der Waals surface area contributed by atoms with Crippen molar-refractivity contribution < 1.29 is 9.84 Å². The average molecular weight is 247 g/mol. The van der Waals surface area contributed by atoms with Crippen LogP contribution in [0.15, 0.2) is 18.2 Å². The van der Waals surface area contributed by atoms with E-state index in [0.717, 1.165) is 31.2 Å². The molecule has 0 aromatic heterocycles. The molecule has 3 heteroatoms. The maximum Gasteiger partial charge on any atom is 0.119 e. The number of hydrogen-bond donors (Lipinski definition) is 2. The van der Waals surface area contributed by atoms with Gasteiger partial charge in [0.2, 0.25) is 0 Å². The first kappa shape index (κ1) is 12.0. The fourth-order valence-electron chi connectivity index (χ4n) is 3.40. The normalized spacial score (nSPS) is 30.6. The summed E-state index contributed by atoms with van der Waals surface area (Å²) >= 11 is 0. The number of phenols is 1. The number of nitrogens with one attached hydrogen (secondary N) is 1. The Morgan fingerprint density at radius 2 is 2.17 bits per heavy atom. The molecule has 0 saturated heterocycles. The summed E-state index contributed by atoms with van der Waals surface area (Å²) in [5, 5.41) is 13.6. The maximum absolute atomic E-state index is 9.84. The predicted molar refractivity (Wildman–Crippen MR) is 70.7 cm³/mol. The highest BCUT2D eigenvalue weighted by atomic mass is 16.5. The molecule has 3 nitrogen and oxygen atoms in total. The van der Waals surface area contributed by atoms with Gasteiger partial charge >= 0.3 is 0 Å². The monoisotopic (exact) mass is 247 g/mol. The molecule has 0 heterocycles. The van der Waals surface area contributed by atoms with Crippen LogP contribution in [0.25, 0.3) is 0 Å². The topological polar surface area (TPSA) is 41.5 Å². The smallest absolute Gasteiger partial charge is 0.119 e. The number of rotatable bonds is 3. The molecule has 0 bridgehead atoms. The third-order valence-electron chi connectivity index (χ3n) is 4.40. The highest BCUT2D eigenvalue weighted by molar-refractivity contribution is 5.44. The minimum absolute atomic E-state index is 0.410. The molecule has 0 aliphatic heterocycles. The molecule has 3 atom stereocenters. The summed E-state index contributed by atoms with van der Waals surface area (Å²) in [6.07, 6.45) is 5.98. The predicted octanol–water partition coefficient (Wildman–Crippen LogP) is 2.54. The van der Waals surface area contributed by atoms with Crippen molar-refractivity contribution in [2.24, 2.45) is 0 Å². The molecule has 2 aliphatic rings. The van der Waals surface area contributed by atoms with E-state index in [1.165, 1.54) is 12.0 Å². The van der Waals surface area contributed by atoms with Crippen LogP contribution in [0.1, 0.15) is 42.9 Å². The van der Waals surface area contributed by atoms with Crippen LogP contribution in [-0.4, -0.2) is 24.4 Å². The molecule has 3 unspecified atom stereocenters. The molecular formula is C15H21NO2. The van der Waals surface area contributed by atoms with Gasteiger partial charge in [-0.1, -0.05) is 12.1 Å². The van der Waals surface area contributed by atoms with Crippen LogP contribution < -0.4 is 5.32 Å². The molecule has 0 amide bonds. The SMILES string of the molecule is COC1CCC(NC2CCc3c(O)cccc32)C1. The fraction of sp³-hybridized carbons (Fsp3) is 0.600. The Bertz CT molecular complexity index is 433. The maximum atomic E-state index is 9.84. The molecule has 2 N–H and O–H groups in total. The van der Waals surface area contributed by atoms with Crippen molar-refractivity contribution in [2.75, 3.05) is 7.11 Å². The minimum atomic E-state index is 0.410. The first-order valence-corrected chi connectivity index (χ1v) is 6.87. The van der Waals surface area contributed by atoms with Crippen LogP contribution in [0.2, 0.25) is 0 Å². The van der Waals surface area contributed by atoms with Gasteiger partial charge in [-0.3, -0.25) is 0 Å². The van der Waals surface area contributed by atoms with Gasteiger partial charge in [-0.25, -0.2) is 0 Å². The Hall–Kier alpha value is -1.06. The summed E-state index contributed by atoms with van der Waals surface area (Å²) in [6, 6.07) is 6.85. The van der Waals surface area contributed by atoms with Crippen molar-refractivity contribution in [3.05, 3.63) is 29.3 Å². The van der Waals surface area contributed by atoms with E-state index in [0.29, 0.717) is 23.9 Å². The Morgan fingerprint density at radius 1 is 1.28 bits per heavy atom. The number of aromatic hydroxyl groups is 1. The number of benzene rings is 1. The third-order valence-corrected chi connectivity index (χ3v) is 4.40. The van der Waals surface area contributed by atoms with Gasteiger partial charge in [0.05, 0.1) is 6.10 Å². The molecule has 3 rings (SSSR count). The number of fused-ring (bicyclic) bond motifs is 1. The molecule has 1 aromatic carbocycles. The second-order valence-electron chi connectivity index (χ2n) is 5.47. The minimum Gasteiger partial charge on any atom is -0.508 e. The van der Waals surface area contributed by atoms with Crippen LogP contribution in [-0.2, 0) is 11.2 Å². The van der Waals surface area contributed by atoms with Crippen LogP contribution >= 0.6 is 0 Å². The molecule has 1 saturated carbocycles. The van der Waals surface area contributed by atoms with Gasteiger partial charge in [0.1, 0.15) is 5.75 Å². The Balaban J connectivity index is 1.68. The molecule has 98 valence electrons. The lowest BCUT2D eigenvalue weighted by Gasteiger charge is -2.20. The molecule has 0 radical (unpaired) electrons. The summed E-state index contributed by atoms with van der Waals surface area (Å²) in [6.45, 7) is 0. The van der Waals surface area contributed by atoms with E-state index < -0.39 is 0 Å². The zero-order chi connectivity index (χ0) is 12.5. The zero-order valence-electron chi connectivity index (χ0n) is 10.9. The molecule has 2 aliphatic carbocycles. The number of phenolic OH excluding ortho intramolecular Hbond substituents is 1. The van der Waals surface area contributed by atoms with E-state index in [-0.39, 0.29) is 0 Å². The lowest BCUT2D eigenvalue weighted by Crippen LogP contribution is -2.30. The molecule has 18 heavy (non-hydrogen) atoms. The van der Waals surface area contributed by atoms with Crippen molar-refractivity contribution in [3.8, 4) is 5.75 Å². The largest absolute Gasteiger partial charge is 0.508 e. The van der Waals surface area contributed by atoms with E-state index >= 15 is 0 Å². The summed E-state index contributed by atoms with van der Waals surface area (Å²) in [4.78, 5) is 0. The summed E-state index contributed by atoms with van der Waals surface area (Å²) in [5.74, 6) is 0.456. The summed E-state index contributed by atoms with van der Waals surface area (Å²) in [5.41, 5.74) is 2.42. The van der Waals surface area contributed by atoms with Gasteiger partial charge in [-0.2, -0.15) is 0 Å². The van der Waals surface area contributed by atoms with Crippen molar-refractivity contribution in [1.82, 2.24) is 5.32 Å². The van der Waals surface area contributed by atoms with Crippen molar-refractivity contribution in [1.29, 1.82) is 0 Å². The standard InChI is InChI=1S/C15H21NO2/c1-18-11-6-5-10(9-11)16-14-8-7-13-12(14)3-2-4-15(13)17/h2-4,10-11,14,16-17H,5-9H2,1H3. The molecule has 1 fully saturated rings. The van der Waals surface area contributed by atoms with Gasteiger partial charge in [0.25, 0.3) is 0 Å². The highest BCUT2D eigenvalue weighted by Gasteiger charge is 2.30. The van der Waals surface area contributed by atoms with E-state index in [4.69, 9.17) is 4.74 Å². The summed E-state index contributed by atoms with van der Waals surface area (Å²) < 4.78 is 5.41. The first-order valence-electron chi connectivity index (χ1n) is 6.87. The van der Waals surface area contributed by atoms with Gasteiger partial charge < -0.3 is 15.2 Å². The quantitative estimate of drug-likeness (QED) is 0.862. The average Bonchev–Trinajstić information content (AvgIpc) is 2.98. The molecule has 0 spiro atoms. The Morgan fingerprint density at radius 3 is 2.94 bits per heavy atom. The lowest BCUT2D eigenvalue weighted by atomic mass is 10.1. The van der Waals surface area contributed by atoms with Crippen LogP contribution in [0.4, 0.5) is 0 Å². The van der Waals surface area contributed by atoms with Gasteiger partial charge in [0.15, 0.2) is 0 Å². The van der Waals surface area contributed by atoms with E-state index in [2.05, 4.69) is 11.4 Å². The van der Waals surface area contributed by atoms with Gasteiger partial charge in [-0.15, -0.1) is 0 Å². The van der Waals surface area contributed by atoms with E-state index in [1.54, 1.807) is 13.2 Å². The highest BCUT2D eigenvalue weighted by Crippen LogP contribution is 2.37. The first-order chi connectivity index (χ1) is 8.78. The zero-order valence-corrected chi connectivity index (χ0v) is 10.9. The van der Waals surface area contributed by atoms with Crippen LogP contribution in [0, 0.1) is 0 Å². The fourth-order valence-corrected chi connectivity index (χ4v) is 3.40. The number of hydrogen-bond acceptors (Lipinski definition) is 3. The van der Waals surface area contributed by atoms with Crippen LogP contribution in [0.3, 0.4) is 0 Å². The van der Waals surface area contributed by atoms with Gasteiger partial charge in [-0.05, 0) is 49.3 Å². The summed E-state index contributed by atoms with van der Waals surface area (Å²) in [7, 11) is 1.80. The number of methoxy groups -OCH3 is 1. The Labute approximate surface area is 108 Å². The molecule has 1 aromatic rings. The van der Waals surface area contributed by atoms with Gasteiger partial charge in [0, 0.05) is 19.2 Å². The van der Waals surface area contributed by atoms with Crippen LogP contribution in [0.5, 0.6) is 5.75 Å². The molecular weight excluding hydrogens is 226 g/mol. The second kappa shape index (κ2) is 4.90. The van der Waals surface area contributed by atoms with Crippen molar-refractivity contribution in [3.63, 3.8) is 0 Å². The van der Waals surface area contributed by atoms with E-state index in [9.17, 15) is 5.11 Å². The Kier molecular flexibility index (Phi) is 3.27. The van der Waals surface area contributed by atoms with Crippen molar-refractivity contribution >= 4 is 0 Å².